The summed E-state index contributed by atoms with van der Waals surface area (Å²) < 4.78 is 18.8. The van der Waals surface area contributed by atoms with Crippen molar-refractivity contribution in [3.8, 4) is 15.4 Å². The van der Waals surface area contributed by atoms with Crippen molar-refractivity contribution in [1.29, 1.82) is 0 Å². The number of likely N-dealkylation sites (tertiary alicyclic amines) is 1. The third-order valence-corrected chi connectivity index (χ3v) is 14.2. The second-order valence-electron chi connectivity index (χ2n) is 17.8. The Balaban J connectivity index is 0.832. The fourth-order valence-corrected chi connectivity index (χ4v) is 10.2. The van der Waals surface area contributed by atoms with Crippen LogP contribution >= 0.6 is 34.3 Å². The van der Waals surface area contributed by atoms with Crippen molar-refractivity contribution in [2.24, 2.45) is 10.4 Å². The average Bonchev–Trinajstić information content (AvgIpc) is 4.06. The van der Waals surface area contributed by atoms with Gasteiger partial charge in [0, 0.05) is 53.8 Å². The van der Waals surface area contributed by atoms with Gasteiger partial charge >= 0.3 is 5.97 Å². The van der Waals surface area contributed by atoms with E-state index in [-0.39, 0.29) is 58.3 Å². The number of ether oxygens (including phenoxy) is 3. The van der Waals surface area contributed by atoms with E-state index in [0.717, 1.165) is 54.0 Å². The fourth-order valence-electron chi connectivity index (χ4n) is 8.08. The molecule has 19 heteroatoms. The van der Waals surface area contributed by atoms with Gasteiger partial charge < -0.3 is 34.9 Å². The molecule has 0 radical (unpaired) electrons. The molecule has 5 aromatic rings. The van der Waals surface area contributed by atoms with Gasteiger partial charge in [-0.3, -0.25) is 28.7 Å². The first kappa shape index (κ1) is 49.5. The van der Waals surface area contributed by atoms with E-state index in [0.29, 0.717) is 29.7 Å². The molecule has 5 heterocycles. The molecule has 0 spiro atoms. The molecule has 16 nitrogen and oxygen atoms in total. The smallest absolute Gasteiger partial charge is 0.308 e. The number of esters is 1. The molecule has 4 atom stereocenters. The lowest BCUT2D eigenvalue weighted by atomic mass is 9.85. The molecule has 3 N–H and O–H groups in total. The standard InChI is InChI=1S/C48H57ClN8O8S2/c1-27-29(3)67-47-40(27)41(32-13-15-34(49)16-14-32)52-36(44-55-54-30(4)57(44)47)22-39(60)65-20-19-63-17-8-18-64-25-38(59)53-43(48(5,6)7)46(62)56-24-35(58)21-37(56)45(61)50-23-31-9-11-33(12-10-31)42-28(2)51-26-66-42/h9-16,26,35-37,43,58H,8,17-25H2,1-7H3,(H,50,61)(H,53,59). The van der Waals surface area contributed by atoms with E-state index in [1.165, 1.54) is 4.90 Å². The third kappa shape index (κ3) is 11.8. The number of nitrogens with one attached hydrogen (secondary N) is 2. The minimum atomic E-state index is -0.984. The molecule has 1 saturated heterocycles. The molecule has 2 aliphatic rings. The summed E-state index contributed by atoms with van der Waals surface area (Å²) in [7, 11) is 0. The summed E-state index contributed by atoms with van der Waals surface area (Å²) in [6, 6.07) is 12.8. The van der Waals surface area contributed by atoms with Gasteiger partial charge in [0.2, 0.25) is 17.7 Å². The van der Waals surface area contributed by atoms with E-state index in [1.54, 1.807) is 22.7 Å². The van der Waals surface area contributed by atoms with Crippen molar-refractivity contribution < 1.29 is 38.5 Å². The van der Waals surface area contributed by atoms with Gasteiger partial charge in [0.05, 0.1) is 40.9 Å². The number of fused-ring (bicyclic) bond motifs is 3. The van der Waals surface area contributed by atoms with Gasteiger partial charge in [-0.05, 0) is 68.4 Å². The second-order valence-corrected chi connectivity index (χ2v) is 20.3. The molecule has 2 aromatic carbocycles. The Hall–Kier alpha value is -5.37. The number of rotatable bonds is 18. The summed E-state index contributed by atoms with van der Waals surface area (Å²) in [4.78, 5) is 66.7. The number of aryl methyl sites for hydroxylation is 3. The molecule has 356 valence electrons. The molecular weight excluding hydrogens is 916 g/mol. The van der Waals surface area contributed by atoms with Crippen LogP contribution in [0.4, 0.5) is 0 Å². The molecule has 4 unspecified atom stereocenters. The number of aromatic nitrogens is 4. The minimum absolute atomic E-state index is 0.0286. The first-order valence-corrected chi connectivity index (χ1v) is 24.3. The lowest BCUT2D eigenvalue weighted by molar-refractivity contribution is -0.145. The van der Waals surface area contributed by atoms with E-state index < -0.39 is 47.4 Å². The fraction of sp³-hybridized carbons (Fsp3) is 0.458. The summed E-state index contributed by atoms with van der Waals surface area (Å²) in [6.45, 7) is 14.0. The number of aliphatic hydroxyl groups excluding tert-OH is 1. The maximum atomic E-state index is 14.0. The second kappa shape index (κ2) is 21.7. The van der Waals surface area contributed by atoms with Crippen LogP contribution in [-0.4, -0.2) is 117 Å². The van der Waals surface area contributed by atoms with Crippen LogP contribution in [0, 0.1) is 33.1 Å². The van der Waals surface area contributed by atoms with Gasteiger partial charge in [-0.15, -0.1) is 32.9 Å². The quantitative estimate of drug-likeness (QED) is 0.0649. The maximum absolute atomic E-state index is 14.0. The van der Waals surface area contributed by atoms with Gasteiger partial charge in [-0.25, -0.2) is 4.98 Å². The van der Waals surface area contributed by atoms with Crippen molar-refractivity contribution in [3.63, 3.8) is 0 Å². The molecule has 7 rings (SSSR count). The van der Waals surface area contributed by atoms with Crippen LogP contribution in [0.1, 0.15) is 90.5 Å². The summed E-state index contributed by atoms with van der Waals surface area (Å²) in [5.74, 6) is -0.540. The summed E-state index contributed by atoms with van der Waals surface area (Å²) in [5, 5.41) is 26.6. The van der Waals surface area contributed by atoms with Crippen LogP contribution in [0.2, 0.25) is 5.02 Å². The summed E-state index contributed by atoms with van der Waals surface area (Å²) in [5.41, 5.74) is 7.66. The van der Waals surface area contributed by atoms with Crippen molar-refractivity contribution in [1.82, 2.24) is 35.3 Å². The number of carbonyl (C=O) groups excluding carboxylic acids is 4. The molecule has 67 heavy (non-hydrogen) atoms. The lowest BCUT2D eigenvalue weighted by Gasteiger charge is -2.35. The van der Waals surface area contributed by atoms with Gasteiger partial charge in [0.15, 0.2) is 5.82 Å². The molecule has 0 aliphatic carbocycles. The van der Waals surface area contributed by atoms with Gasteiger partial charge in [0.1, 0.15) is 42.2 Å². The van der Waals surface area contributed by atoms with Crippen LogP contribution in [0.3, 0.4) is 0 Å². The first-order valence-electron chi connectivity index (χ1n) is 22.2. The molecule has 0 bridgehead atoms. The maximum Gasteiger partial charge on any atom is 0.308 e. The highest BCUT2D eigenvalue weighted by molar-refractivity contribution is 7.15. The highest BCUT2D eigenvalue weighted by Crippen LogP contribution is 2.40. The van der Waals surface area contributed by atoms with Gasteiger partial charge in [-0.2, -0.15) is 0 Å². The third-order valence-electron chi connectivity index (χ3n) is 11.7. The Morgan fingerprint density at radius 2 is 1.66 bits per heavy atom. The number of thiazole rings is 1. The number of amides is 3. The predicted octanol–water partition coefficient (Wildman–Crippen LogP) is 6.40. The zero-order chi connectivity index (χ0) is 48.0. The topological polar surface area (TPSA) is 199 Å². The summed E-state index contributed by atoms with van der Waals surface area (Å²) >= 11 is 9.43. The van der Waals surface area contributed by atoms with Crippen molar-refractivity contribution in [3.05, 3.63) is 104 Å². The molecule has 2 aliphatic heterocycles. The normalized spacial score (nSPS) is 17.3. The van der Waals surface area contributed by atoms with Gasteiger partial charge in [0.25, 0.3) is 0 Å². The number of hydrogen-bond acceptors (Lipinski definition) is 14. The molecule has 3 aromatic heterocycles. The van der Waals surface area contributed by atoms with Crippen LogP contribution < -0.4 is 10.6 Å². The van der Waals surface area contributed by atoms with Gasteiger partial charge in [-0.1, -0.05) is 68.8 Å². The van der Waals surface area contributed by atoms with E-state index in [4.69, 9.17) is 30.8 Å². The highest BCUT2D eigenvalue weighted by Gasteiger charge is 2.44. The van der Waals surface area contributed by atoms with Crippen molar-refractivity contribution >= 4 is 63.7 Å². The SMILES string of the molecule is Cc1ncsc1-c1ccc(CNC(=O)C2CC(O)CN2C(=O)C(NC(=O)COCCCOCCOC(=O)CC2N=C(c3ccc(Cl)cc3)c3c(sc(C)c3C)-n3c(C)nnc32)C(C)(C)C)cc1. The number of β-amino-alcohol motifs (C(OH)–C–C–N with tert-alkyl or cyclic N) is 1. The first-order chi connectivity index (χ1) is 32.0. The number of thiophene rings is 1. The average molecular weight is 974 g/mol. The zero-order valence-electron chi connectivity index (χ0n) is 38.8. The van der Waals surface area contributed by atoms with E-state index in [9.17, 15) is 24.3 Å². The Morgan fingerprint density at radius 3 is 2.36 bits per heavy atom. The number of carbonyl (C=O) groups is 4. The highest BCUT2D eigenvalue weighted by atomic mass is 35.5. The van der Waals surface area contributed by atoms with Crippen molar-refractivity contribution in [2.45, 2.75) is 98.5 Å². The Labute approximate surface area is 403 Å². The summed E-state index contributed by atoms with van der Waals surface area (Å²) in [6.07, 6.45) is -0.392. The Bertz CT molecular complexity index is 2600. The monoisotopic (exact) mass is 972 g/mol. The Morgan fingerprint density at radius 1 is 0.940 bits per heavy atom. The minimum Gasteiger partial charge on any atom is -0.463 e. The van der Waals surface area contributed by atoms with Crippen LogP contribution in [0.5, 0.6) is 0 Å². The number of nitrogens with zero attached hydrogens (tertiary/aromatic N) is 6. The Kier molecular flexibility index (Phi) is 16.1. The van der Waals surface area contributed by atoms with Crippen LogP contribution in [0.15, 0.2) is 59.0 Å². The molecule has 0 saturated carbocycles. The number of halogens is 1. The van der Waals surface area contributed by atoms with E-state index >= 15 is 0 Å². The number of benzene rings is 2. The number of aliphatic hydroxyl groups is 1. The molecule has 1 fully saturated rings. The zero-order valence-corrected chi connectivity index (χ0v) is 41.1. The van der Waals surface area contributed by atoms with E-state index in [1.807, 2.05) is 93.2 Å². The largest absolute Gasteiger partial charge is 0.463 e. The molecule has 3 amide bonds. The lowest BCUT2D eigenvalue weighted by Crippen LogP contribution is -2.58. The van der Waals surface area contributed by atoms with Crippen LogP contribution in [0.25, 0.3) is 15.4 Å². The van der Waals surface area contributed by atoms with Crippen molar-refractivity contribution in [2.75, 3.05) is 39.6 Å². The van der Waals surface area contributed by atoms with E-state index in [2.05, 4.69) is 39.7 Å². The number of hydrogen-bond donors (Lipinski definition) is 3. The molecular formula is C48H57ClN8O8S2. The predicted molar refractivity (Wildman–Crippen MR) is 257 cm³/mol. The van der Waals surface area contributed by atoms with Crippen LogP contribution in [-0.2, 0) is 39.9 Å². The number of aliphatic imine (C=N–C) groups is 1.